The van der Waals surface area contributed by atoms with Crippen LogP contribution in [0.25, 0.3) is 6.08 Å². The highest BCUT2D eigenvalue weighted by atomic mass is 35.5. The van der Waals surface area contributed by atoms with E-state index < -0.39 is 0 Å². The highest BCUT2D eigenvalue weighted by Gasteiger charge is 2.23. The number of anilines is 1. The van der Waals surface area contributed by atoms with Crippen molar-refractivity contribution in [3.8, 4) is 0 Å². The number of aromatic nitrogens is 1. The van der Waals surface area contributed by atoms with Gasteiger partial charge in [0.15, 0.2) is 5.13 Å². The molecule has 3 aromatic rings. The lowest BCUT2D eigenvalue weighted by Gasteiger charge is -2.34. The fraction of sp³-hybridized carbons (Fsp3) is 0.355. The summed E-state index contributed by atoms with van der Waals surface area (Å²) >= 11 is 7.49. The first-order chi connectivity index (χ1) is 19.8. The van der Waals surface area contributed by atoms with Crippen molar-refractivity contribution in [3.63, 3.8) is 0 Å². The molecule has 0 radical (unpaired) electrons. The number of hydrogen-bond acceptors (Lipinski definition) is 6. The zero-order valence-corrected chi connectivity index (χ0v) is 25.0. The molecular formula is C31H36ClN5O3S. The second-order valence-corrected chi connectivity index (χ2v) is 11.7. The van der Waals surface area contributed by atoms with Gasteiger partial charge in [-0.25, -0.2) is 4.98 Å². The molecule has 41 heavy (non-hydrogen) atoms. The Morgan fingerprint density at radius 2 is 1.76 bits per heavy atom. The molecule has 1 N–H and O–H groups in total. The minimum atomic E-state index is -0.351. The fourth-order valence-electron chi connectivity index (χ4n) is 4.59. The largest absolute Gasteiger partial charge is 0.340 e. The third kappa shape index (κ3) is 9.24. The van der Waals surface area contributed by atoms with E-state index in [-0.39, 0.29) is 36.6 Å². The standard InChI is InChI=1S/C31H36ClN5O3S/c1-23(2)20-37(30(40)26-12-6-7-13-27(26)32)21-28(38)34-31-33-25(22-41-31)19-29(39)36-17-15-35(16-18-36)14-8-11-24-9-4-3-5-10-24/h3-13,22-23H,14-21H2,1-2H3,(H,33,34,38)/b11-8+. The Bertz CT molecular complexity index is 1350. The molecule has 1 aromatic heterocycles. The highest BCUT2D eigenvalue weighted by molar-refractivity contribution is 7.13. The Hall–Kier alpha value is -3.53. The van der Waals surface area contributed by atoms with E-state index in [1.165, 1.54) is 21.8 Å². The molecule has 8 nitrogen and oxygen atoms in total. The van der Waals surface area contributed by atoms with Gasteiger partial charge in [0.1, 0.15) is 6.54 Å². The summed E-state index contributed by atoms with van der Waals surface area (Å²) in [6.07, 6.45) is 4.46. The Balaban J connectivity index is 1.24. The number of hydrogen-bond donors (Lipinski definition) is 1. The van der Waals surface area contributed by atoms with Crippen LogP contribution in [0, 0.1) is 5.92 Å². The van der Waals surface area contributed by atoms with E-state index in [1.807, 2.05) is 36.9 Å². The molecular weight excluding hydrogens is 558 g/mol. The van der Waals surface area contributed by atoms with Gasteiger partial charge < -0.3 is 15.1 Å². The monoisotopic (exact) mass is 593 g/mol. The molecule has 0 bridgehead atoms. The van der Waals surface area contributed by atoms with Crippen LogP contribution < -0.4 is 5.32 Å². The van der Waals surface area contributed by atoms with Gasteiger partial charge in [0.2, 0.25) is 11.8 Å². The molecule has 1 aliphatic heterocycles. The van der Waals surface area contributed by atoms with Gasteiger partial charge in [-0.05, 0) is 23.6 Å². The predicted molar refractivity (Wildman–Crippen MR) is 165 cm³/mol. The third-order valence-corrected chi connectivity index (χ3v) is 7.78. The van der Waals surface area contributed by atoms with Crippen LogP contribution in [0.3, 0.4) is 0 Å². The number of piperazine rings is 1. The topological polar surface area (TPSA) is 85.8 Å². The van der Waals surface area contributed by atoms with Gasteiger partial charge in [-0.2, -0.15) is 0 Å². The van der Waals surface area contributed by atoms with Gasteiger partial charge in [-0.1, -0.05) is 80.1 Å². The Morgan fingerprint density at radius 3 is 2.46 bits per heavy atom. The molecule has 1 aliphatic rings. The number of carbonyl (C=O) groups excluding carboxylic acids is 3. The number of halogens is 1. The van der Waals surface area contributed by atoms with Crippen LogP contribution >= 0.6 is 22.9 Å². The maximum absolute atomic E-state index is 13.1. The Kier molecular flexibility index (Phi) is 11.1. The number of thiazole rings is 1. The average Bonchev–Trinajstić information content (AvgIpc) is 3.39. The van der Waals surface area contributed by atoms with Gasteiger partial charge in [0, 0.05) is 44.6 Å². The quantitative estimate of drug-likeness (QED) is 0.341. The van der Waals surface area contributed by atoms with Crippen LogP contribution in [0.4, 0.5) is 5.13 Å². The van der Waals surface area contributed by atoms with Crippen molar-refractivity contribution < 1.29 is 14.4 Å². The summed E-state index contributed by atoms with van der Waals surface area (Å²) in [5.41, 5.74) is 2.16. The zero-order chi connectivity index (χ0) is 29.2. The van der Waals surface area contributed by atoms with Crippen LogP contribution in [0.2, 0.25) is 5.02 Å². The van der Waals surface area contributed by atoms with Crippen molar-refractivity contribution in [2.45, 2.75) is 20.3 Å². The maximum Gasteiger partial charge on any atom is 0.255 e. The lowest BCUT2D eigenvalue weighted by atomic mass is 10.1. The summed E-state index contributed by atoms with van der Waals surface area (Å²) < 4.78 is 0. The average molecular weight is 594 g/mol. The molecule has 0 aliphatic carbocycles. The van der Waals surface area contributed by atoms with Gasteiger partial charge in [0.25, 0.3) is 5.91 Å². The molecule has 3 amide bonds. The molecule has 0 saturated carbocycles. The Morgan fingerprint density at radius 1 is 1.05 bits per heavy atom. The molecule has 216 valence electrons. The van der Waals surface area contributed by atoms with E-state index in [2.05, 4.69) is 39.5 Å². The lowest BCUT2D eigenvalue weighted by Crippen LogP contribution is -2.49. The van der Waals surface area contributed by atoms with E-state index in [0.29, 0.717) is 41.0 Å². The third-order valence-electron chi connectivity index (χ3n) is 6.64. The first kappa shape index (κ1) is 30.4. The number of nitrogens with one attached hydrogen (secondary N) is 1. The van der Waals surface area contributed by atoms with Crippen LogP contribution in [0.5, 0.6) is 0 Å². The number of nitrogens with zero attached hydrogens (tertiary/aromatic N) is 4. The van der Waals surface area contributed by atoms with Crippen LogP contribution in [0.15, 0.2) is 66.1 Å². The maximum atomic E-state index is 13.1. The second kappa shape index (κ2) is 14.9. The molecule has 1 fully saturated rings. The summed E-state index contributed by atoms with van der Waals surface area (Å²) in [6, 6.07) is 17.0. The summed E-state index contributed by atoms with van der Waals surface area (Å²) in [6.45, 7) is 8.10. The molecule has 10 heteroatoms. The van der Waals surface area contributed by atoms with Gasteiger partial charge in [-0.15, -0.1) is 11.3 Å². The van der Waals surface area contributed by atoms with Crippen molar-refractivity contribution in [1.29, 1.82) is 0 Å². The number of amides is 3. The molecule has 0 spiro atoms. The molecule has 2 aromatic carbocycles. The molecule has 0 atom stereocenters. The number of rotatable bonds is 11. The van der Waals surface area contributed by atoms with E-state index in [0.717, 1.165) is 19.6 Å². The van der Waals surface area contributed by atoms with E-state index in [1.54, 1.807) is 29.6 Å². The van der Waals surface area contributed by atoms with Crippen molar-refractivity contribution >= 4 is 51.9 Å². The normalized spacial score (nSPS) is 14.0. The highest BCUT2D eigenvalue weighted by Crippen LogP contribution is 2.20. The fourth-order valence-corrected chi connectivity index (χ4v) is 5.53. The van der Waals surface area contributed by atoms with Crippen molar-refractivity contribution in [2.75, 3.05) is 51.1 Å². The summed E-state index contributed by atoms with van der Waals surface area (Å²) in [5, 5.41) is 5.33. The number of benzene rings is 2. The summed E-state index contributed by atoms with van der Waals surface area (Å²) in [7, 11) is 0. The minimum Gasteiger partial charge on any atom is -0.340 e. The molecule has 2 heterocycles. The van der Waals surface area contributed by atoms with Crippen molar-refractivity contribution in [2.24, 2.45) is 5.92 Å². The van der Waals surface area contributed by atoms with Crippen molar-refractivity contribution in [3.05, 3.63) is 87.9 Å². The first-order valence-electron chi connectivity index (χ1n) is 13.8. The SMILES string of the molecule is CC(C)CN(CC(=O)Nc1nc(CC(=O)N2CCN(C/C=C/c3ccccc3)CC2)cs1)C(=O)c1ccccc1Cl. The van der Waals surface area contributed by atoms with Crippen LogP contribution in [-0.2, 0) is 16.0 Å². The smallest absolute Gasteiger partial charge is 0.255 e. The summed E-state index contributed by atoms with van der Waals surface area (Å²) in [5.74, 6) is -0.451. The second-order valence-electron chi connectivity index (χ2n) is 10.4. The molecule has 1 saturated heterocycles. The number of carbonyl (C=O) groups is 3. The summed E-state index contributed by atoms with van der Waals surface area (Å²) in [4.78, 5) is 49.0. The van der Waals surface area contributed by atoms with Gasteiger partial charge in [0.05, 0.1) is 22.7 Å². The van der Waals surface area contributed by atoms with E-state index in [9.17, 15) is 14.4 Å². The van der Waals surface area contributed by atoms with Crippen LogP contribution in [0.1, 0.15) is 35.5 Å². The zero-order valence-electron chi connectivity index (χ0n) is 23.5. The van der Waals surface area contributed by atoms with Crippen LogP contribution in [-0.4, -0.2) is 83.2 Å². The van der Waals surface area contributed by atoms with E-state index in [4.69, 9.17) is 11.6 Å². The van der Waals surface area contributed by atoms with Gasteiger partial charge >= 0.3 is 0 Å². The molecule has 4 rings (SSSR count). The van der Waals surface area contributed by atoms with E-state index >= 15 is 0 Å². The Labute approximate surface area is 250 Å². The molecule has 0 unspecified atom stereocenters. The first-order valence-corrected chi connectivity index (χ1v) is 15.0. The van der Waals surface area contributed by atoms with Crippen molar-refractivity contribution in [1.82, 2.24) is 19.7 Å². The predicted octanol–water partition coefficient (Wildman–Crippen LogP) is 4.93. The minimum absolute atomic E-state index is 0.0288. The van der Waals surface area contributed by atoms with Gasteiger partial charge in [-0.3, -0.25) is 19.3 Å². The lowest BCUT2D eigenvalue weighted by molar-refractivity contribution is -0.132.